The van der Waals surface area contributed by atoms with Crippen molar-refractivity contribution in [3.8, 4) is 0 Å². The first kappa shape index (κ1) is 39.8. The third kappa shape index (κ3) is 11.1. The van der Waals surface area contributed by atoms with Crippen LogP contribution in [0.25, 0.3) is 0 Å². The Bertz CT molecular complexity index is 1090. The van der Waals surface area contributed by atoms with Gasteiger partial charge in [0.2, 0.25) is 0 Å². The highest BCUT2D eigenvalue weighted by Crippen LogP contribution is 2.76. The van der Waals surface area contributed by atoms with Crippen LogP contribution in [-0.4, -0.2) is 74.6 Å². The Balaban J connectivity index is 1.73. The third-order valence-corrected chi connectivity index (χ3v) is 13.7. The van der Waals surface area contributed by atoms with Gasteiger partial charge in [0, 0.05) is 34.5 Å². The largest absolute Gasteiger partial charge is 0.381 e. The molecule has 2 atom stereocenters. The van der Waals surface area contributed by atoms with E-state index in [0.29, 0.717) is 24.5 Å². The highest BCUT2D eigenvalue weighted by molar-refractivity contribution is 7.73. The van der Waals surface area contributed by atoms with Crippen molar-refractivity contribution in [1.29, 1.82) is 0 Å². The summed E-state index contributed by atoms with van der Waals surface area (Å²) in [7, 11) is -6.41. The average molecular weight is 676 g/mol. The Morgan fingerprint density at radius 2 is 1.07 bits per heavy atom. The number of ether oxygens (including phenoxy) is 1. The first-order valence-electron chi connectivity index (χ1n) is 16.4. The molecule has 1 aromatic carbocycles. The van der Waals surface area contributed by atoms with Crippen LogP contribution in [0.5, 0.6) is 0 Å². The number of β-amino-alcohol motifs (C(OH)–C–C–N with tert-alkyl or cyclic N) is 1. The number of rotatable bonds is 27. The maximum absolute atomic E-state index is 13.9. The average Bonchev–Trinajstić information content (AvgIpc) is 3.29. The number of fused-ring (bicyclic) bond motifs is 1. The van der Waals surface area contributed by atoms with E-state index >= 15 is 0 Å². The summed E-state index contributed by atoms with van der Waals surface area (Å²) < 4.78 is 53.7. The molecule has 1 heterocycles. The zero-order valence-electron chi connectivity index (χ0n) is 27.7. The fourth-order valence-electron chi connectivity index (χ4n) is 5.43. The summed E-state index contributed by atoms with van der Waals surface area (Å²) >= 11 is 0. The summed E-state index contributed by atoms with van der Waals surface area (Å²) in [5, 5.41) is 8.67. The van der Waals surface area contributed by atoms with Crippen molar-refractivity contribution in [1.82, 2.24) is 4.90 Å². The summed E-state index contributed by atoms with van der Waals surface area (Å²) in [6.45, 7) is 1.97. The number of imide groups is 1. The molecule has 11 nitrogen and oxygen atoms in total. The van der Waals surface area contributed by atoms with E-state index in [0.717, 1.165) is 34.2 Å². The molecule has 1 aliphatic heterocycles. The van der Waals surface area contributed by atoms with Crippen molar-refractivity contribution in [2.75, 3.05) is 47.7 Å². The van der Waals surface area contributed by atoms with Crippen LogP contribution in [0.2, 0.25) is 0 Å². The molecular weight excluding hydrogens is 620 g/mol. The summed E-state index contributed by atoms with van der Waals surface area (Å²) in [5.41, 5.74) is 0.192. The van der Waals surface area contributed by atoms with Gasteiger partial charge in [0.05, 0.1) is 24.3 Å². The first-order chi connectivity index (χ1) is 21.6. The molecule has 0 fully saturated rings. The van der Waals surface area contributed by atoms with Crippen LogP contribution in [0.15, 0.2) is 24.3 Å². The van der Waals surface area contributed by atoms with Gasteiger partial charge < -0.3 is 27.9 Å². The number of unbranched alkanes of at least 4 members (excludes halogenated alkanes) is 13. The summed E-state index contributed by atoms with van der Waals surface area (Å²) in [4.78, 5) is 26.6. The lowest BCUT2D eigenvalue weighted by Gasteiger charge is -2.38. The Kier molecular flexibility index (Phi) is 18.3. The van der Waals surface area contributed by atoms with Gasteiger partial charge in [-0.3, -0.25) is 23.6 Å². The molecule has 0 spiro atoms. The quantitative estimate of drug-likeness (QED) is 0.0552. The molecule has 0 aromatic heterocycles. The monoisotopic (exact) mass is 675 g/mol. The minimum atomic E-state index is -4.73. The lowest BCUT2D eigenvalue weighted by Crippen LogP contribution is -2.46. The van der Waals surface area contributed by atoms with E-state index in [-0.39, 0.29) is 17.7 Å². The Hall–Kier alpha value is -1.42. The zero-order valence-corrected chi connectivity index (χ0v) is 29.5. The van der Waals surface area contributed by atoms with E-state index in [2.05, 4.69) is 6.92 Å². The number of nitrogens with zero attached hydrogens (tertiary/aromatic N) is 1. The third-order valence-electron chi connectivity index (χ3n) is 8.18. The van der Waals surface area contributed by atoms with Crippen molar-refractivity contribution < 1.29 is 46.7 Å². The molecule has 1 N–H and O–H groups in total. The van der Waals surface area contributed by atoms with Gasteiger partial charge in [0.25, 0.3) is 16.9 Å². The van der Waals surface area contributed by atoms with Gasteiger partial charge in [0.15, 0.2) is 0 Å². The van der Waals surface area contributed by atoms with E-state index in [1.54, 1.807) is 12.1 Å². The van der Waals surface area contributed by atoms with Gasteiger partial charge in [-0.05, 0) is 25.0 Å². The Morgan fingerprint density at radius 3 is 1.51 bits per heavy atom. The second kappa shape index (κ2) is 20.7. The van der Waals surface area contributed by atoms with Gasteiger partial charge in [0.1, 0.15) is 0 Å². The van der Waals surface area contributed by atoms with Crippen molar-refractivity contribution in [3.63, 3.8) is 0 Å². The van der Waals surface area contributed by atoms with E-state index < -0.39 is 38.6 Å². The van der Waals surface area contributed by atoms with E-state index in [4.69, 9.17) is 22.8 Å². The van der Waals surface area contributed by atoms with Crippen molar-refractivity contribution in [3.05, 3.63) is 35.4 Å². The number of aliphatic hydroxyl groups is 1. The molecule has 0 aliphatic carbocycles. The molecule has 0 radical (unpaired) electrons. The van der Waals surface area contributed by atoms with Gasteiger partial charge >= 0.3 is 15.2 Å². The van der Waals surface area contributed by atoms with Gasteiger partial charge in [-0.2, -0.15) is 0 Å². The fraction of sp³-hybridized carbons (Fsp3) is 0.750. The van der Waals surface area contributed by atoms with Gasteiger partial charge in [-0.15, -0.1) is 0 Å². The smallest absolute Gasteiger partial charge is 0.376 e. The molecular formula is C32H55NO10P2. The van der Waals surface area contributed by atoms with Crippen LogP contribution in [0.4, 0.5) is 0 Å². The topological polar surface area (TPSA) is 138 Å². The minimum absolute atomic E-state index is 0.0960. The maximum atomic E-state index is 13.9. The Morgan fingerprint density at radius 1 is 0.644 bits per heavy atom. The van der Waals surface area contributed by atoms with Crippen molar-refractivity contribution in [2.45, 2.75) is 108 Å². The minimum Gasteiger partial charge on any atom is -0.381 e. The normalized spacial score (nSPS) is 16.2. The molecule has 1 aromatic rings. The summed E-state index contributed by atoms with van der Waals surface area (Å²) in [6.07, 6.45) is 18.2. The molecule has 13 heteroatoms. The second-order valence-electron chi connectivity index (χ2n) is 11.5. The first-order valence-corrected chi connectivity index (χ1v) is 19.5. The number of amides is 2. The maximum Gasteiger partial charge on any atom is 0.376 e. The van der Waals surface area contributed by atoms with E-state index in [1.165, 1.54) is 89.2 Å². The van der Waals surface area contributed by atoms with Crippen LogP contribution in [-0.2, 0) is 32.0 Å². The number of carbonyl (C=O) groups excluding carboxylic acids is 2. The predicted molar refractivity (Wildman–Crippen MR) is 175 cm³/mol. The lowest BCUT2D eigenvalue weighted by atomic mass is 10.0. The number of carbonyl (C=O) groups is 2. The molecule has 2 amide bonds. The van der Waals surface area contributed by atoms with Gasteiger partial charge in [-0.1, -0.05) is 103 Å². The lowest BCUT2D eigenvalue weighted by molar-refractivity contribution is 0.0450. The van der Waals surface area contributed by atoms with Crippen LogP contribution >= 0.6 is 15.2 Å². The van der Waals surface area contributed by atoms with Crippen LogP contribution in [0, 0.1) is 0 Å². The predicted octanol–water partition coefficient (Wildman–Crippen LogP) is 8.16. The molecule has 1 aliphatic rings. The van der Waals surface area contributed by atoms with E-state index in [1.807, 2.05) is 0 Å². The zero-order chi connectivity index (χ0) is 33.2. The molecule has 0 bridgehead atoms. The highest BCUT2D eigenvalue weighted by Gasteiger charge is 2.66. The van der Waals surface area contributed by atoms with E-state index in [9.17, 15) is 23.8 Å². The molecule has 2 unspecified atom stereocenters. The molecule has 0 saturated heterocycles. The molecule has 258 valence electrons. The SMILES string of the molecule is CCCCCCCCCCCCCCCCOCCCOP(=O)(OC)C(O)(CN1C(=O)c2ccccc2C1=O)P(=O)(OC)OC. The number of benzene rings is 1. The van der Waals surface area contributed by atoms with Crippen molar-refractivity contribution >= 4 is 27.0 Å². The number of hydrogen-bond acceptors (Lipinski definition) is 10. The Labute approximate surface area is 269 Å². The van der Waals surface area contributed by atoms with Crippen LogP contribution < -0.4 is 0 Å². The van der Waals surface area contributed by atoms with Crippen LogP contribution in [0.1, 0.15) is 124 Å². The highest BCUT2D eigenvalue weighted by atomic mass is 31.2. The van der Waals surface area contributed by atoms with Gasteiger partial charge in [-0.25, -0.2) is 0 Å². The summed E-state index contributed by atoms with van der Waals surface area (Å²) in [6, 6.07) is 6.07. The molecule has 2 rings (SSSR count). The number of hydrogen-bond donors (Lipinski definition) is 1. The van der Waals surface area contributed by atoms with Crippen molar-refractivity contribution in [2.24, 2.45) is 0 Å². The fourth-order valence-corrected chi connectivity index (χ4v) is 9.88. The molecule has 45 heavy (non-hydrogen) atoms. The van der Waals surface area contributed by atoms with Crippen LogP contribution in [0.3, 0.4) is 0 Å². The standard InChI is InChI=1S/C32H55NO10P2/c1-5-6-7-8-9-10-11-12-13-14-15-16-17-20-24-42-25-21-26-43-45(38,41-4)32(36,44(37,39-2)40-3)27-33-30(34)28-22-18-19-23-29(28)31(33)35/h18-19,22-23,36H,5-17,20-21,24-27H2,1-4H3. The molecule has 0 saturated carbocycles. The second-order valence-corrected chi connectivity index (χ2v) is 16.6. The summed E-state index contributed by atoms with van der Waals surface area (Å²) in [5.74, 6) is -1.51.